The summed E-state index contributed by atoms with van der Waals surface area (Å²) in [6.45, 7) is 1.34. The summed E-state index contributed by atoms with van der Waals surface area (Å²) in [5.41, 5.74) is 0.901. The fraction of sp³-hybridized carbons (Fsp3) is 0.316. The monoisotopic (exact) mass is 424 g/mol. The fourth-order valence-corrected chi connectivity index (χ4v) is 4.90. The number of hydrogen-bond acceptors (Lipinski definition) is 5. The van der Waals surface area contributed by atoms with E-state index in [9.17, 15) is 21.6 Å². The van der Waals surface area contributed by atoms with Crippen molar-refractivity contribution in [2.45, 2.75) is 22.8 Å². The van der Waals surface area contributed by atoms with Gasteiger partial charge in [-0.1, -0.05) is 30.3 Å². The van der Waals surface area contributed by atoms with E-state index < -0.39 is 36.8 Å². The lowest BCUT2D eigenvalue weighted by Gasteiger charge is -2.21. The molecule has 2 aromatic carbocycles. The Labute approximate surface area is 166 Å². The van der Waals surface area contributed by atoms with E-state index in [1.807, 2.05) is 0 Å². The van der Waals surface area contributed by atoms with E-state index in [0.29, 0.717) is 11.3 Å². The van der Waals surface area contributed by atoms with Gasteiger partial charge in [-0.3, -0.25) is 4.79 Å². The van der Waals surface area contributed by atoms with Crippen molar-refractivity contribution in [3.63, 3.8) is 0 Å². The molecule has 0 N–H and O–H groups in total. The third-order valence-electron chi connectivity index (χ3n) is 4.41. The summed E-state index contributed by atoms with van der Waals surface area (Å²) < 4.78 is 51.1. The van der Waals surface area contributed by atoms with Crippen LogP contribution in [0.5, 0.6) is 0 Å². The third kappa shape index (κ3) is 4.78. The maximum atomic E-state index is 12.8. The standard InChI is InChI=1S/C19H24N2O5S2/c1-15(19(22)21(4)17-10-6-5-7-11-17)27(23,24)14-16-9-8-12-18(13-16)28(25,26)20(2)3/h5-13,15H,14H2,1-4H3/t15-/m0/s1. The van der Waals surface area contributed by atoms with Crippen molar-refractivity contribution < 1.29 is 21.6 Å². The second-order valence-corrected chi connectivity index (χ2v) is 11.1. The Balaban J connectivity index is 2.25. The van der Waals surface area contributed by atoms with Crippen molar-refractivity contribution in [3.8, 4) is 0 Å². The summed E-state index contributed by atoms with van der Waals surface area (Å²) in [6.07, 6.45) is 0. The van der Waals surface area contributed by atoms with Gasteiger partial charge in [-0.2, -0.15) is 0 Å². The van der Waals surface area contributed by atoms with Gasteiger partial charge in [0.1, 0.15) is 5.25 Å². The largest absolute Gasteiger partial charge is 0.314 e. The number of nitrogens with zero attached hydrogens (tertiary/aromatic N) is 2. The predicted octanol–water partition coefficient (Wildman–Crippen LogP) is 1.90. The lowest BCUT2D eigenvalue weighted by Crippen LogP contribution is -2.39. The van der Waals surface area contributed by atoms with Crippen LogP contribution in [0.3, 0.4) is 0 Å². The van der Waals surface area contributed by atoms with Gasteiger partial charge in [-0.25, -0.2) is 21.1 Å². The van der Waals surface area contributed by atoms with Crippen LogP contribution in [0.15, 0.2) is 59.5 Å². The molecule has 0 unspecified atom stereocenters. The normalized spacial score (nSPS) is 13.3. The van der Waals surface area contributed by atoms with E-state index in [2.05, 4.69) is 0 Å². The average Bonchev–Trinajstić information content (AvgIpc) is 2.66. The highest BCUT2D eigenvalue weighted by molar-refractivity contribution is 7.92. The Hall–Kier alpha value is -2.23. The van der Waals surface area contributed by atoms with Crippen molar-refractivity contribution in [2.24, 2.45) is 0 Å². The first kappa shape index (κ1) is 22.1. The summed E-state index contributed by atoms with van der Waals surface area (Å²) in [4.78, 5) is 13.9. The van der Waals surface area contributed by atoms with Crippen molar-refractivity contribution in [3.05, 3.63) is 60.2 Å². The van der Waals surface area contributed by atoms with Crippen LogP contribution in [0, 0.1) is 0 Å². The van der Waals surface area contributed by atoms with Crippen LogP contribution in [0.4, 0.5) is 5.69 Å². The molecule has 0 spiro atoms. The van der Waals surface area contributed by atoms with Gasteiger partial charge in [0, 0.05) is 26.8 Å². The van der Waals surface area contributed by atoms with Crippen molar-refractivity contribution in [2.75, 3.05) is 26.0 Å². The van der Waals surface area contributed by atoms with Crippen LogP contribution in [-0.4, -0.2) is 53.4 Å². The van der Waals surface area contributed by atoms with E-state index in [-0.39, 0.29) is 4.90 Å². The lowest BCUT2D eigenvalue weighted by atomic mass is 10.2. The molecule has 2 aromatic rings. The van der Waals surface area contributed by atoms with Crippen LogP contribution < -0.4 is 4.90 Å². The molecule has 0 saturated carbocycles. The average molecular weight is 425 g/mol. The number of sulfone groups is 1. The van der Waals surface area contributed by atoms with Gasteiger partial charge in [0.25, 0.3) is 0 Å². The van der Waals surface area contributed by atoms with Gasteiger partial charge in [0.15, 0.2) is 9.84 Å². The highest BCUT2D eigenvalue weighted by Crippen LogP contribution is 2.20. The van der Waals surface area contributed by atoms with Crippen LogP contribution >= 0.6 is 0 Å². The Bertz CT molecular complexity index is 1050. The van der Waals surface area contributed by atoms with Crippen molar-refractivity contribution in [1.82, 2.24) is 4.31 Å². The first-order valence-corrected chi connectivity index (χ1v) is 11.7. The van der Waals surface area contributed by atoms with Crippen LogP contribution in [0.1, 0.15) is 12.5 Å². The van der Waals surface area contributed by atoms with E-state index in [4.69, 9.17) is 0 Å². The maximum absolute atomic E-state index is 12.8. The zero-order valence-corrected chi connectivity index (χ0v) is 17.9. The molecule has 152 valence electrons. The molecule has 0 heterocycles. The number of carbonyl (C=O) groups excluding carboxylic acids is 1. The van der Waals surface area contributed by atoms with Gasteiger partial charge in [-0.05, 0) is 36.8 Å². The zero-order chi connectivity index (χ0) is 21.1. The Kier molecular flexibility index (Phi) is 6.63. The predicted molar refractivity (Wildman–Crippen MR) is 109 cm³/mol. The topological polar surface area (TPSA) is 91.8 Å². The molecule has 1 amide bonds. The van der Waals surface area contributed by atoms with Crippen molar-refractivity contribution >= 4 is 31.5 Å². The van der Waals surface area contributed by atoms with Gasteiger partial charge in [-0.15, -0.1) is 0 Å². The second kappa shape index (κ2) is 8.42. The molecule has 0 bridgehead atoms. The van der Waals surface area contributed by atoms with E-state index in [1.54, 1.807) is 30.3 Å². The molecule has 0 radical (unpaired) electrons. The Morgan fingerprint density at radius 2 is 1.54 bits per heavy atom. The summed E-state index contributed by atoms with van der Waals surface area (Å²) in [6, 6.07) is 14.5. The second-order valence-electron chi connectivity index (χ2n) is 6.62. The molecule has 0 saturated heterocycles. The van der Waals surface area contributed by atoms with Crippen LogP contribution in [0.25, 0.3) is 0 Å². The molecular formula is C19H24N2O5S2. The fourth-order valence-electron chi connectivity index (χ4n) is 2.57. The number of amides is 1. The highest BCUT2D eigenvalue weighted by Gasteiger charge is 2.31. The first-order valence-electron chi connectivity index (χ1n) is 8.52. The van der Waals surface area contributed by atoms with Crippen LogP contribution in [0.2, 0.25) is 0 Å². The maximum Gasteiger partial charge on any atom is 0.244 e. The van der Waals surface area contributed by atoms with Gasteiger partial charge < -0.3 is 4.90 Å². The minimum Gasteiger partial charge on any atom is -0.314 e. The van der Waals surface area contributed by atoms with Gasteiger partial charge in [0.05, 0.1) is 10.6 Å². The molecular weight excluding hydrogens is 400 g/mol. The molecule has 2 rings (SSSR count). The Morgan fingerprint density at radius 1 is 0.929 bits per heavy atom. The zero-order valence-electron chi connectivity index (χ0n) is 16.2. The molecule has 1 atom stereocenters. The summed E-state index contributed by atoms with van der Waals surface area (Å²) in [5, 5.41) is -1.27. The molecule has 9 heteroatoms. The molecule has 0 aromatic heterocycles. The minimum absolute atomic E-state index is 0.00517. The molecule has 0 fully saturated rings. The number of hydrogen-bond donors (Lipinski definition) is 0. The number of anilines is 1. The lowest BCUT2D eigenvalue weighted by molar-refractivity contribution is -0.117. The number of sulfonamides is 1. The van der Waals surface area contributed by atoms with Gasteiger partial charge >= 0.3 is 0 Å². The molecule has 0 aliphatic carbocycles. The summed E-state index contributed by atoms with van der Waals surface area (Å²) in [5.74, 6) is -0.984. The van der Waals surface area contributed by atoms with E-state index in [1.165, 1.54) is 57.2 Å². The van der Waals surface area contributed by atoms with Crippen LogP contribution in [-0.2, 0) is 30.4 Å². The Morgan fingerprint density at radius 3 is 2.11 bits per heavy atom. The SMILES string of the molecule is C[C@@H](C(=O)N(C)c1ccccc1)S(=O)(=O)Cc1cccc(S(=O)(=O)N(C)C)c1. The molecule has 7 nitrogen and oxygen atoms in total. The van der Waals surface area contributed by atoms with E-state index >= 15 is 0 Å². The quantitative estimate of drug-likeness (QED) is 0.677. The van der Waals surface area contributed by atoms with Gasteiger partial charge in [0.2, 0.25) is 15.9 Å². The summed E-state index contributed by atoms with van der Waals surface area (Å²) >= 11 is 0. The first-order chi connectivity index (χ1) is 13.0. The number of para-hydroxylation sites is 1. The minimum atomic E-state index is -3.85. The third-order valence-corrected chi connectivity index (χ3v) is 8.23. The number of carbonyl (C=O) groups is 1. The van der Waals surface area contributed by atoms with Crippen molar-refractivity contribution in [1.29, 1.82) is 0 Å². The number of rotatable bonds is 7. The summed E-state index contributed by atoms with van der Waals surface area (Å²) in [7, 11) is -3.20. The smallest absolute Gasteiger partial charge is 0.244 e. The number of benzene rings is 2. The molecule has 0 aliphatic heterocycles. The highest BCUT2D eigenvalue weighted by atomic mass is 32.2. The molecule has 28 heavy (non-hydrogen) atoms. The van der Waals surface area contributed by atoms with E-state index in [0.717, 1.165) is 4.31 Å². The molecule has 0 aliphatic rings.